The van der Waals surface area contributed by atoms with E-state index in [0.717, 1.165) is 24.5 Å². The summed E-state index contributed by atoms with van der Waals surface area (Å²) < 4.78 is 26.9. The molecule has 0 atom stereocenters. The van der Waals surface area contributed by atoms with Crippen molar-refractivity contribution < 1.29 is 8.42 Å². The van der Waals surface area contributed by atoms with Crippen LogP contribution in [0.1, 0.15) is 12.8 Å². The molecule has 0 spiro atoms. The minimum absolute atomic E-state index is 0.201. The van der Waals surface area contributed by atoms with E-state index in [1.54, 1.807) is 28.6 Å². The lowest BCUT2D eigenvalue weighted by molar-refractivity contribution is 0.329. The molecule has 0 unspecified atom stereocenters. The third-order valence-electron chi connectivity index (χ3n) is 4.30. The summed E-state index contributed by atoms with van der Waals surface area (Å²) in [5.41, 5.74) is 0. The Morgan fingerprint density at radius 1 is 1.12 bits per heavy atom. The van der Waals surface area contributed by atoms with Crippen molar-refractivity contribution >= 4 is 21.7 Å². The van der Waals surface area contributed by atoms with E-state index < -0.39 is 10.0 Å². The first-order chi connectivity index (χ1) is 12.0. The Morgan fingerprint density at radius 2 is 1.80 bits per heavy atom. The number of sulfonamides is 1. The predicted molar refractivity (Wildman–Crippen MR) is 98.2 cm³/mol. The SMILES string of the molecule is CN(C)c1cc(NC2CCN(S(=O)(=O)c3ccccc3)CC2)ncn1. The molecule has 1 aliphatic rings. The molecule has 0 bridgehead atoms. The number of piperidine rings is 1. The number of benzene rings is 1. The second kappa shape index (κ2) is 7.37. The highest BCUT2D eigenvalue weighted by atomic mass is 32.2. The van der Waals surface area contributed by atoms with Gasteiger partial charge in [0.05, 0.1) is 4.90 Å². The standard InChI is InChI=1S/C17H23N5O2S/c1-21(2)17-12-16(18-13-19-17)20-14-8-10-22(11-9-14)25(23,24)15-6-4-3-5-7-15/h3-7,12-14H,8-11H2,1-2H3,(H,18,19,20). The second-order valence-electron chi connectivity index (χ2n) is 6.29. The first kappa shape index (κ1) is 17.6. The summed E-state index contributed by atoms with van der Waals surface area (Å²) in [4.78, 5) is 10.7. The molecule has 25 heavy (non-hydrogen) atoms. The molecule has 134 valence electrons. The quantitative estimate of drug-likeness (QED) is 0.875. The minimum atomic E-state index is -3.40. The molecule has 7 nitrogen and oxygen atoms in total. The maximum absolute atomic E-state index is 12.7. The fourth-order valence-corrected chi connectivity index (χ4v) is 4.35. The molecule has 2 aromatic rings. The van der Waals surface area contributed by atoms with Crippen molar-refractivity contribution in [3.05, 3.63) is 42.7 Å². The van der Waals surface area contributed by atoms with E-state index in [4.69, 9.17) is 0 Å². The van der Waals surface area contributed by atoms with E-state index in [9.17, 15) is 8.42 Å². The van der Waals surface area contributed by atoms with E-state index >= 15 is 0 Å². The van der Waals surface area contributed by atoms with Crippen molar-refractivity contribution in [3.8, 4) is 0 Å². The van der Waals surface area contributed by atoms with Gasteiger partial charge in [-0.25, -0.2) is 18.4 Å². The van der Waals surface area contributed by atoms with Gasteiger partial charge in [-0.15, -0.1) is 0 Å². The number of hydrogen-bond donors (Lipinski definition) is 1. The van der Waals surface area contributed by atoms with Gasteiger partial charge in [-0.1, -0.05) is 18.2 Å². The number of nitrogens with one attached hydrogen (secondary N) is 1. The Labute approximate surface area is 148 Å². The molecule has 1 aromatic carbocycles. The second-order valence-corrected chi connectivity index (χ2v) is 8.23. The van der Waals surface area contributed by atoms with Crippen LogP contribution < -0.4 is 10.2 Å². The zero-order chi connectivity index (χ0) is 17.9. The van der Waals surface area contributed by atoms with Crippen LogP contribution in [0, 0.1) is 0 Å². The maximum atomic E-state index is 12.7. The third kappa shape index (κ3) is 4.08. The molecular weight excluding hydrogens is 338 g/mol. The summed E-state index contributed by atoms with van der Waals surface area (Å²) in [5.74, 6) is 1.60. The van der Waals surface area contributed by atoms with Crippen molar-refractivity contribution in [2.75, 3.05) is 37.4 Å². The van der Waals surface area contributed by atoms with Gasteiger partial charge in [0.1, 0.15) is 18.0 Å². The number of hydrogen-bond acceptors (Lipinski definition) is 6. The summed E-state index contributed by atoms with van der Waals surface area (Å²) >= 11 is 0. The fraction of sp³-hybridized carbons (Fsp3) is 0.412. The molecule has 0 saturated carbocycles. The van der Waals surface area contributed by atoms with Crippen molar-refractivity contribution in [1.82, 2.24) is 14.3 Å². The van der Waals surface area contributed by atoms with Crippen LogP contribution >= 0.6 is 0 Å². The largest absolute Gasteiger partial charge is 0.367 e. The van der Waals surface area contributed by atoms with Gasteiger partial charge in [0.2, 0.25) is 10.0 Å². The van der Waals surface area contributed by atoms with Crippen molar-refractivity contribution in [2.24, 2.45) is 0 Å². The van der Waals surface area contributed by atoms with Gasteiger partial charge in [0.25, 0.3) is 0 Å². The average molecular weight is 361 g/mol. The summed E-state index contributed by atoms with van der Waals surface area (Å²) in [7, 11) is 0.456. The van der Waals surface area contributed by atoms with Crippen LogP contribution in [0.3, 0.4) is 0 Å². The predicted octanol–water partition coefficient (Wildman–Crippen LogP) is 1.81. The van der Waals surface area contributed by atoms with Gasteiger partial charge in [0, 0.05) is 39.3 Å². The van der Waals surface area contributed by atoms with Gasteiger partial charge < -0.3 is 10.2 Å². The molecule has 1 saturated heterocycles. The van der Waals surface area contributed by atoms with Crippen LogP contribution in [0.5, 0.6) is 0 Å². The molecule has 1 aliphatic heterocycles. The van der Waals surface area contributed by atoms with E-state index in [-0.39, 0.29) is 6.04 Å². The molecule has 3 rings (SSSR count). The topological polar surface area (TPSA) is 78.4 Å². The molecule has 2 heterocycles. The summed E-state index contributed by atoms with van der Waals surface area (Å²) in [6, 6.07) is 10.7. The Morgan fingerprint density at radius 3 is 2.44 bits per heavy atom. The first-order valence-corrected chi connectivity index (χ1v) is 9.72. The highest BCUT2D eigenvalue weighted by Crippen LogP contribution is 2.22. The van der Waals surface area contributed by atoms with Gasteiger partial charge in [-0.05, 0) is 25.0 Å². The normalized spacial score (nSPS) is 16.6. The van der Waals surface area contributed by atoms with E-state index in [1.165, 1.54) is 6.33 Å². The van der Waals surface area contributed by atoms with Crippen molar-refractivity contribution in [3.63, 3.8) is 0 Å². The fourth-order valence-electron chi connectivity index (χ4n) is 2.86. The van der Waals surface area contributed by atoms with Gasteiger partial charge in [-0.2, -0.15) is 4.31 Å². The monoisotopic (exact) mass is 361 g/mol. The van der Waals surface area contributed by atoms with Crippen LogP contribution in [-0.2, 0) is 10.0 Å². The molecule has 0 amide bonds. The van der Waals surface area contributed by atoms with Gasteiger partial charge in [0.15, 0.2) is 0 Å². The number of nitrogens with zero attached hydrogens (tertiary/aromatic N) is 4. The highest BCUT2D eigenvalue weighted by molar-refractivity contribution is 7.89. The first-order valence-electron chi connectivity index (χ1n) is 8.28. The molecule has 0 aliphatic carbocycles. The van der Waals surface area contributed by atoms with Gasteiger partial charge >= 0.3 is 0 Å². The maximum Gasteiger partial charge on any atom is 0.243 e. The van der Waals surface area contributed by atoms with Crippen LogP contribution in [0.25, 0.3) is 0 Å². The van der Waals surface area contributed by atoms with E-state index in [1.807, 2.05) is 31.1 Å². The third-order valence-corrected chi connectivity index (χ3v) is 6.21. The molecule has 0 radical (unpaired) electrons. The molecule has 1 fully saturated rings. The number of anilines is 2. The van der Waals surface area contributed by atoms with Crippen LogP contribution in [0.2, 0.25) is 0 Å². The number of rotatable bonds is 5. The lowest BCUT2D eigenvalue weighted by Gasteiger charge is -2.32. The van der Waals surface area contributed by atoms with Gasteiger partial charge in [-0.3, -0.25) is 0 Å². The lowest BCUT2D eigenvalue weighted by atomic mass is 10.1. The zero-order valence-electron chi connectivity index (χ0n) is 14.5. The van der Waals surface area contributed by atoms with Crippen LogP contribution in [-0.4, -0.2) is 55.9 Å². The summed E-state index contributed by atoms with van der Waals surface area (Å²) in [6.07, 6.45) is 3.02. The summed E-state index contributed by atoms with van der Waals surface area (Å²) in [6.45, 7) is 1.00. The van der Waals surface area contributed by atoms with E-state index in [2.05, 4.69) is 15.3 Å². The van der Waals surface area contributed by atoms with Crippen LogP contribution in [0.4, 0.5) is 11.6 Å². The average Bonchev–Trinajstić information content (AvgIpc) is 2.63. The Bertz CT molecular complexity index is 803. The Balaban J connectivity index is 1.62. The molecule has 1 aromatic heterocycles. The summed E-state index contributed by atoms with van der Waals surface area (Å²) in [5, 5.41) is 3.39. The number of aromatic nitrogens is 2. The lowest BCUT2D eigenvalue weighted by Crippen LogP contribution is -2.42. The van der Waals surface area contributed by atoms with Crippen LogP contribution in [0.15, 0.2) is 47.6 Å². The molecule has 1 N–H and O–H groups in total. The molecule has 8 heteroatoms. The van der Waals surface area contributed by atoms with Crippen molar-refractivity contribution in [2.45, 2.75) is 23.8 Å². The highest BCUT2D eigenvalue weighted by Gasteiger charge is 2.29. The van der Waals surface area contributed by atoms with Crippen molar-refractivity contribution in [1.29, 1.82) is 0 Å². The van der Waals surface area contributed by atoms with E-state index in [0.29, 0.717) is 18.0 Å². The Hall–Kier alpha value is -2.19. The Kier molecular flexibility index (Phi) is 5.19. The zero-order valence-corrected chi connectivity index (χ0v) is 15.3. The minimum Gasteiger partial charge on any atom is -0.367 e. The molecular formula is C17H23N5O2S. The smallest absolute Gasteiger partial charge is 0.243 e.